The fourth-order valence-corrected chi connectivity index (χ4v) is 2.35. The molecule has 0 spiro atoms. The van der Waals surface area contributed by atoms with Crippen LogP contribution in [0.25, 0.3) is 0 Å². The van der Waals surface area contributed by atoms with Gasteiger partial charge in [-0.25, -0.2) is 0 Å². The van der Waals surface area contributed by atoms with Crippen molar-refractivity contribution in [2.45, 2.75) is 19.5 Å². The molecule has 0 radical (unpaired) electrons. The Morgan fingerprint density at radius 3 is 2.50 bits per heavy atom. The Bertz CT molecular complexity index is 827. The van der Waals surface area contributed by atoms with E-state index < -0.39 is 22.4 Å². The maximum atomic E-state index is 12.7. The molecule has 0 aliphatic rings. The topological polar surface area (TPSA) is 79.2 Å². The molecule has 26 heavy (non-hydrogen) atoms. The number of anilines is 2. The van der Waals surface area contributed by atoms with E-state index in [0.717, 1.165) is 29.8 Å². The number of halogens is 3. The lowest BCUT2D eigenvalue weighted by molar-refractivity contribution is -0.384. The molecule has 0 bridgehead atoms. The molecule has 10 heteroatoms. The van der Waals surface area contributed by atoms with E-state index in [9.17, 15) is 23.3 Å². The lowest BCUT2D eigenvalue weighted by Gasteiger charge is -2.15. The fraction of sp³-hybridized carbons (Fsp3) is 0.188. The maximum absolute atomic E-state index is 12.7. The summed E-state index contributed by atoms with van der Waals surface area (Å²) >= 11 is 5.10. The van der Waals surface area contributed by atoms with Gasteiger partial charge in [-0.15, -0.1) is 0 Å². The Morgan fingerprint density at radius 2 is 1.88 bits per heavy atom. The molecule has 0 saturated heterocycles. The van der Waals surface area contributed by atoms with Gasteiger partial charge in [0.1, 0.15) is 5.69 Å². The summed E-state index contributed by atoms with van der Waals surface area (Å²) in [6, 6.07) is 9.61. The van der Waals surface area contributed by atoms with E-state index in [2.05, 4.69) is 16.2 Å². The van der Waals surface area contributed by atoms with E-state index in [4.69, 9.17) is 12.2 Å². The Balaban J connectivity index is 2.11. The third-order valence-corrected chi connectivity index (χ3v) is 3.68. The largest absolute Gasteiger partial charge is 0.416 e. The number of alkyl halides is 3. The van der Waals surface area contributed by atoms with Crippen LogP contribution in [0.3, 0.4) is 0 Å². The van der Waals surface area contributed by atoms with Gasteiger partial charge in [0.2, 0.25) is 0 Å². The van der Waals surface area contributed by atoms with Crippen LogP contribution in [0.2, 0.25) is 0 Å². The van der Waals surface area contributed by atoms with E-state index in [1.54, 1.807) is 0 Å². The summed E-state index contributed by atoms with van der Waals surface area (Å²) in [5.41, 5.74) is 4.81. The fourth-order valence-electron chi connectivity index (χ4n) is 2.19. The first kappa shape index (κ1) is 19.4. The molecule has 0 aliphatic carbocycles. The predicted molar refractivity (Wildman–Crippen MR) is 96.9 cm³/mol. The highest BCUT2D eigenvalue weighted by Gasteiger charge is 2.33. The van der Waals surface area contributed by atoms with Gasteiger partial charge in [-0.2, -0.15) is 13.2 Å². The quantitative estimate of drug-likeness (QED) is 0.400. The van der Waals surface area contributed by atoms with Crippen molar-refractivity contribution in [1.29, 1.82) is 0 Å². The maximum Gasteiger partial charge on any atom is 0.416 e. The van der Waals surface area contributed by atoms with Gasteiger partial charge in [0.25, 0.3) is 5.69 Å². The first-order valence-electron chi connectivity index (χ1n) is 7.49. The number of hydrogen-bond donors (Lipinski definition) is 3. The molecule has 2 aromatic carbocycles. The lowest BCUT2D eigenvalue weighted by atomic mass is 10.1. The summed E-state index contributed by atoms with van der Waals surface area (Å²) in [7, 11) is 0. The minimum Gasteiger partial charge on any atom is -0.331 e. The molecule has 0 aliphatic heterocycles. The van der Waals surface area contributed by atoms with Gasteiger partial charge >= 0.3 is 6.18 Å². The number of nitro groups is 1. The van der Waals surface area contributed by atoms with Crippen LogP contribution in [0.4, 0.5) is 30.2 Å². The number of para-hydroxylation sites is 1. The highest BCUT2D eigenvalue weighted by Crippen LogP contribution is 2.34. The predicted octanol–water partition coefficient (Wildman–Crippen LogP) is 4.49. The van der Waals surface area contributed by atoms with Gasteiger partial charge in [-0.3, -0.25) is 21.0 Å². The molecule has 0 atom stereocenters. The van der Waals surface area contributed by atoms with Crippen LogP contribution in [0.1, 0.15) is 18.1 Å². The van der Waals surface area contributed by atoms with Crippen molar-refractivity contribution in [3.8, 4) is 0 Å². The zero-order valence-corrected chi connectivity index (χ0v) is 14.4. The van der Waals surface area contributed by atoms with Crippen molar-refractivity contribution < 1.29 is 18.1 Å². The molecule has 3 N–H and O–H groups in total. The number of aryl methyl sites for hydroxylation is 1. The summed E-state index contributed by atoms with van der Waals surface area (Å²) in [6.07, 6.45) is -3.90. The van der Waals surface area contributed by atoms with Crippen molar-refractivity contribution in [3.63, 3.8) is 0 Å². The van der Waals surface area contributed by atoms with Crippen LogP contribution < -0.4 is 16.2 Å². The van der Waals surface area contributed by atoms with Gasteiger partial charge < -0.3 is 5.32 Å². The van der Waals surface area contributed by atoms with Gasteiger partial charge in [0.05, 0.1) is 10.5 Å². The van der Waals surface area contributed by atoms with Crippen molar-refractivity contribution in [1.82, 2.24) is 5.43 Å². The average molecular weight is 384 g/mol. The van der Waals surface area contributed by atoms with Gasteiger partial charge in [0, 0.05) is 11.8 Å². The minimum atomic E-state index is -4.67. The number of nitro benzene ring substituents is 1. The SMILES string of the molecule is CCc1ccccc1NC(=S)NNc1ccc(C(F)(F)F)cc1[N+](=O)[O-]. The van der Waals surface area contributed by atoms with Crippen LogP contribution in [-0.2, 0) is 12.6 Å². The molecule has 0 amide bonds. The Hall–Kier alpha value is -2.88. The zero-order valence-electron chi connectivity index (χ0n) is 13.6. The van der Waals surface area contributed by atoms with E-state index in [0.29, 0.717) is 6.07 Å². The summed E-state index contributed by atoms with van der Waals surface area (Å²) in [4.78, 5) is 10.1. The van der Waals surface area contributed by atoms with Crippen LogP contribution in [0.5, 0.6) is 0 Å². The smallest absolute Gasteiger partial charge is 0.331 e. The molecular weight excluding hydrogens is 369 g/mol. The van der Waals surface area contributed by atoms with Crippen LogP contribution in [-0.4, -0.2) is 10.0 Å². The number of rotatable bonds is 5. The molecule has 2 rings (SSSR count). The Morgan fingerprint density at radius 1 is 1.19 bits per heavy atom. The van der Waals surface area contributed by atoms with Crippen LogP contribution >= 0.6 is 12.2 Å². The van der Waals surface area contributed by atoms with E-state index in [1.165, 1.54) is 0 Å². The highest BCUT2D eigenvalue weighted by molar-refractivity contribution is 7.80. The highest BCUT2D eigenvalue weighted by atomic mass is 32.1. The number of nitrogens with one attached hydrogen (secondary N) is 3. The minimum absolute atomic E-state index is 0.111. The first-order valence-corrected chi connectivity index (χ1v) is 7.89. The number of hydrazine groups is 1. The van der Waals surface area contributed by atoms with Crippen LogP contribution in [0.15, 0.2) is 42.5 Å². The Kier molecular flexibility index (Phi) is 5.98. The summed E-state index contributed by atoms with van der Waals surface area (Å²) in [5.74, 6) is 0. The summed E-state index contributed by atoms with van der Waals surface area (Å²) < 4.78 is 38.1. The number of nitrogens with zero attached hydrogens (tertiary/aromatic N) is 1. The summed E-state index contributed by atoms with van der Waals surface area (Å²) in [5, 5.41) is 14.1. The number of thiocarbonyl (C=S) groups is 1. The van der Waals surface area contributed by atoms with Gasteiger partial charge in [-0.1, -0.05) is 25.1 Å². The molecule has 138 valence electrons. The molecule has 2 aromatic rings. The Labute approximate surface area is 152 Å². The zero-order chi connectivity index (χ0) is 19.3. The summed E-state index contributed by atoms with van der Waals surface area (Å²) in [6.45, 7) is 1.97. The lowest BCUT2D eigenvalue weighted by Crippen LogP contribution is -2.33. The molecule has 0 unspecified atom stereocenters. The number of hydrogen-bond acceptors (Lipinski definition) is 4. The van der Waals surface area contributed by atoms with E-state index in [-0.39, 0.29) is 10.8 Å². The van der Waals surface area contributed by atoms with Crippen molar-refractivity contribution in [2.24, 2.45) is 0 Å². The van der Waals surface area contributed by atoms with Gasteiger partial charge in [0.15, 0.2) is 5.11 Å². The van der Waals surface area contributed by atoms with Crippen molar-refractivity contribution in [3.05, 3.63) is 63.7 Å². The molecule has 6 nitrogen and oxygen atoms in total. The molecular formula is C16H15F3N4O2S. The molecule has 0 fully saturated rings. The van der Waals surface area contributed by atoms with Gasteiger partial charge in [-0.05, 0) is 42.4 Å². The third kappa shape index (κ3) is 4.82. The van der Waals surface area contributed by atoms with Crippen LogP contribution in [0, 0.1) is 10.1 Å². The second-order valence-corrected chi connectivity index (χ2v) is 5.61. The number of benzene rings is 2. The average Bonchev–Trinajstić information content (AvgIpc) is 2.59. The second-order valence-electron chi connectivity index (χ2n) is 5.20. The normalized spacial score (nSPS) is 10.9. The first-order chi connectivity index (χ1) is 12.2. The van der Waals surface area contributed by atoms with Crippen molar-refractivity contribution >= 4 is 34.4 Å². The standard InChI is InChI=1S/C16H15F3N4O2S/c1-2-10-5-3-4-6-12(10)20-15(26)22-21-13-8-7-11(16(17,18)19)9-14(13)23(24)25/h3-9,21H,2H2,1H3,(H2,20,22,26). The third-order valence-electron chi connectivity index (χ3n) is 3.48. The monoisotopic (exact) mass is 384 g/mol. The second kappa shape index (κ2) is 8.00. The van der Waals surface area contributed by atoms with Crippen molar-refractivity contribution in [2.75, 3.05) is 10.7 Å². The molecule has 0 heterocycles. The molecule has 0 saturated carbocycles. The van der Waals surface area contributed by atoms with E-state index >= 15 is 0 Å². The van der Waals surface area contributed by atoms with E-state index in [1.807, 2.05) is 31.2 Å². The molecule has 0 aromatic heterocycles.